The molecular formula is C39H36O4S. The second kappa shape index (κ2) is 13.3. The number of aliphatic hydroxyl groups excluding tert-OH is 1. The van der Waals surface area contributed by atoms with Crippen LogP contribution in [0.1, 0.15) is 56.3 Å². The van der Waals surface area contributed by atoms with Crippen LogP contribution in [0.3, 0.4) is 0 Å². The topological polar surface area (TPSA) is 55.8 Å². The number of aliphatic hydroxyl groups is 1. The number of carbonyl (C=O) groups is 1. The van der Waals surface area contributed by atoms with Gasteiger partial charge in [-0.2, -0.15) is 0 Å². The van der Waals surface area contributed by atoms with Crippen LogP contribution >= 0.6 is 11.8 Å². The second-order valence-corrected chi connectivity index (χ2v) is 12.4. The fraction of sp³-hybridized carbons (Fsp3) is 0.205. The highest BCUT2D eigenvalue weighted by Gasteiger charge is 2.41. The van der Waals surface area contributed by atoms with Gasteiger partial charge >= 0.3 is 0 Å². The molecule has 0 bridgehead atoms. The summed E-state index contributed by atoms with van der Waals surface area (Å²) < 4.78 is 13.4. The minimum atomic E-state index is -0.895. The van der Waals surface area contributed by atoms with E-state index in [0.29, 0.717) is 12.0 Å². The number of rotatable bonds is 9. The Morgan fingerprint density at radius 1 is 0.750 bits per heavy atom. The zero-order valence-corrected chi connectivity index (χ0v) is 25.7. The molecule has 0 spiro atoms. The number of aryl methyl sites for hydroxylation is 2. The van der Waals surface area contributed by atoms with Gasteiger partial charge in [-0.15, -0.1) is 0 Å². The van der Waals surface area contributed by atoms with E-state index in [1.54, 1.807) is 0 Å². The summed E-state index contributed by atoms with van der Waals surface area (Å²) in [6, 6.07) is 44.3. The Kier molecular flexibility index (Phi) is 9.10. The van der Waals surface area contributed by atoms with Gasteiger partial charge in [-0.25, -0.2) is 0 Å². The summed E-state index contributed by atoms with van der Waals surface area (Å²) in [4.78, 5) is 13.5. The highest BCUT2D eigenvalue weighted by Crippen LogP contribution is 2.42. The Bertz CT molecular complexity index is 1620. The molecule has 5 aromatic rings. The molecule has 0 radical (unpaired) electrons. The maximum absolute atomic E-state index is 12.6. The molecule has 0 aliphatic carbocycles. The first-order valence-electron chi connectivity index (χ1n) is 15.0. The molecule has 1 aliphatic heterocycles. The van der Waals surface area contributed by atoms with Gasteiger partial charge in [0.25, 0.3) is 0 Å². The second-order valence-electron chi connectivity index (χ2n) is 11.4. The monoisotopic (exact) mass is 600 g/mol. The third kappa shape index (κ3) is 6.42. The molecule has 3 atom stereocenters. The van der Waals surface area contributed by atoms with E-state index in [9.17, 15) is 9.90 Å². The quantitative estimate of drug-likeness (QED) is 0.136. The minimum Gasteiger partial charge on any atom is -0.390 e. The molecule has 1 N–H and O–H groups in total. The molecule has 0 saturated carbocycles. The lowest BCUT2D eigenvalue weighted by Crippen LogP contribution is -2.38. The zero-order chi connectivity index (χ0) is 30.5. The molecule has 6 rings (SSSR count). The summed E-state index contributed by atoms with van der Waals surface area (Å²) >= 11 is 1.21. The van der Waals surface area contributed by atoms with Gasteiger partial charge in [0.15, 0.2) is 0 Å². The van der Waals surface area contributed by atoms with Crippen LogP contribution in [0.4, 0.5) is 0 Å². The first kappa shape index (κ1) is 30.0. The predicted molar refractivity (Wildman–Crippen MR) is 176 cm³/mol. The van der Waals surface area contributed by atoms with E-state index in [-0.39, 0.29) is 17.8 Å². The summed E-state index contributed by atoms with van der Waals surface area (Å²) in [5.74, 6) is 0. The fourth-order valence-corrected chi connectivity index (χ4v) is 6.53. The molecule has 1 aliphatic rings. The van der Waals surface area contributed by atoms with Gasteiger partial charge in [-0.05, 0) is 60.0 Å². The van der Waals surface area contributed by atoms with Crippen molar-refractivity contribution in [2.75, 3.05) is 6.61 Å². The van der Waals surface area contributed by atoms with Crippen molar-refractivity contribution in [2.45, 2.75) is 49.1 Å². The molecule has 4 nitrogen and oxygen atoms in total. The fourth-order valence-electron chi connectivity index (χ4n) is 5.79. The van der Waals surface area contributed by atoms with Crippen LogP contribution < -0.4 is 0 Å². The number of thioether (sulfide) groups is 1. The molecule has 5 heteroatoms. The molecule has 0 amide bonds. The number of hydrogen-bond acceptors (Lipinski definition) is 5. The third-order valence-corrected chi connectivity index (χ3v) is 9.19. The minimum absolute atomic E-state index is 0.00662. The van der Waals surface area contributed by atoms with Crippen LogP contribution in [-0.4, -0.2) is 29.0 Å². The van der Waals surface area contributed by atoms with Crippen LogP contribution in [0.15, 0.2) is 138 Å². The van der Waals surface area contributed by atoms with E-state index < -0.39 is 17.8 Å². The third-order valence-electron chi connectivity index (χ3n) is 8.26. The van der Waals surface area contributed by atoms with Crippen molar-refractivity contribution in [3.8, 4) is 0 Å². The van der Waals surface area contributed by atoms with E-state index in [1.165, 1.54) is 22.9 Å². The number of ether oxygens (including phenoxy) is 2. The predicted octanol–water partition coefficient (Wildman–Crippen LogP) is 8.44. The van der Waals surface area contributed by atoms with Crippen molar-refractivity contribution in [3.63, 3.8) is 0 Å². The van der Waals surface area contributed by atoms with Gasteiger partial charge in [-0.1, -0.05) is 132 Å². The van der Waals surface area contributed by atoms with E-state index in [0.717, 1.165) is 27.1 Å². The largest absolute Gasteiger partial charge is 0.390 e. The van der Waals surface area contributed by atoms with Crippen LogP contribution in [0.25, 0.3) is 0 Å². The van der Waals surface area contributed by atoms with E-state index >= 15 is 0 Å². The van der Waals surface area contributed by atoms with Gasteiger partial charge in [0.1, 0.15) is 11.7 Å². The van der Waals surface area contributed by atoms with Crippen molar-refractivity contribution in [2.24, 2.45) is 0 Å². The lowest BCUT2D eigenvalue weighted by molar-refractivity contribution is -0.0827. The first-order valence-corrected chi connectivity index (χ1v) is 15.8. The summed E-state index contributed by atoms with van der Waals surface area (Å²) in [6.07, 6.45) is -0.991. The van der Waals surface area contributed by atoms with E-state index in [2.05, 4.69) is 74.5 Å². The first-order chi connectivity index (χ1) is 21.4. The molecule has 222 valence electrons. The molecule has 44 heavy (non-hydrogen) atoms. The molecule has 0 aromatic heterocycles. The molecule has 1 saturated heterocycles. The molecular weight excluding hydrogens is 564 g/mol. The molecule has 5 aromatic carbocycles. The van der Waals surface area contributed by atoms with Crippen molar-refractivity contribution < 1.29 is 19.4 Å². The van der Waals surface area contributed by atoms with E-state index in [4.69, 9.17) is 9.47 Å². The van der Waals surface area contributed by atoms with Crippen LogP contribution in [-0.2, 0) is 15.1 Å². The lowest BCUT2D eigenvalue weighted by Gasteiger charge is -2.37. The summed E-state index contributed by atoms with van der Waals surface area (Å²) in [5, 5.41) is 11.2. The normalized spacial score (nSPS) is 18.3. The lowest BCUT2D eigenvalue weighted by atomic mass is 9.79. The van der Waals surface area contributed by atoms with Crippen molar-refractivity contribution in [1.82, 2.24) is 0 Å². The smallest absolute Gasteiger partial charge is 0.224 e. The number of carbonyl (C=O) groups excluding carboxylic acids is 1. The standard InChI is InChI=1S/C39H36O4S/c1-27-13-19-32(20-14-27)39(31-11-7-4-8-12-31,33-21-15-28(2)16-22-33)42-26-37-35(40)25-36(43-37)29-17-23-34(24-18-29)44-38(41)30-9-5-3-6-10-30/h3-24,35-37,40H,25-26H2,1-2H3/t35-,36+,37+/m0/s1. The van der Waals surface area contributed by atoms with Gasteiger partial charge in [0.05, 0.1) is 18.8 Å². The van der Waals surface area contributed by atoms with Gasteiger partial charge in [-0.3, -0.25) is 4.79 Å². The Morgan fingerprint density at radius 3 is 1.84 bits per heavy atom. The van der Waals surface area contributed by atoms with Crippen LogP contribution in [0, 0.1) is 13.8 Å². The van der Waals surface area contributed by atoms with Gasteiger partial charge in [0, 0.05) is 16.9 Å². The van der Waals surface area contributed by atoms with Crippen LogP contribution in [0.5, 0.6) is 0 Å². The highest BCUT2D eigenvalue weighted by molar-refractivity contribution is 8.14. The molecule has 0 unspecified atom stereocenters. The van der Waals surface area contributed by atoms with Gasteiger partial charge < -0.3 is 14.6 Å². The van der Waals surface area contributed by atoms with Crippen molar-refractivity contribution in [3.05, 3.63) is 172 Å². The Morgan fingerprint density at radius 2 is 1.27 bits per heavy atom. The summed E-state index contributed by atoms with van der Waals surface area (Å²) in [7, 11) is 0. The van der Waals surface area contributed by atoms with Crippen LogP contribution in [0.2, 0.25) is 0 Å². The number of benzene rings is 5. The highest BCUT2D eigenvalue weighted by atomic mass is 32.2. The van der Waals surface area contributed by atoms with E-state index in [1.807, 2.05) is 72.8 Å². The Hall–Kier alpha value is -4.00. The molecule has 1 fully saturated rings. The Balaban J connectivity index is 1.23. The van der Waals surface area contributed by atoms with Crippen molar-refractivity contribution in [1.29, 1.82) is 0 Å². The van der Waals surface area contributed by atoms with Gasteiger partial charge in [0.2, 0.25) is 5.12 Å². The number of hydrogen-bond donors (Lipinski definition) is 1. The summed E-state index contributed by atoms with van der Waals surface area (Å²) in [5.41, 5.74) is 6.13. The zero-order valence-electron chi connectivity index (χ0n) is 24.9. The average molecular weight is 601 g/mol. The maximum atomic E-state index is 12.6. The molecule has 1 heterocycles. The SMILES string of the molecule is Cc1ccc(C(OC[C@H]2O[C@@H](c3ccc(SC(=O)c4ccccc4)cc3)C[C@@H]2O)(c2ccccc2)c2ccc(C)cc2)cc1. The van der Waals surface area contributed by atoms with Crippen molar-refractivity contribution >= 4 is 16.9 Å². The summed E-state index contributed by atoms with van der Waals surface area (Å²) in [6.45, 7) is 4.36. The average Bonchev–Trinajstić information content (AvgIpc) is 3.44. The maximum Gasteiger partial charge on any atom is 0.224 e. The Labute approximate surface area is 263 Å².